The van der Waals surface area contributed by atoms with Gasteiger partial charge in [0.05, 0.1) is 22.3 Å². The molecule has 0 aliphatic carbocycles. The van der Waals surface area contributed by atoms with Crippen LogP contribution in [0.3, 0.4) is 0 Å². The van der Waals surface area contributed by atoms with E-state index in [1.54, 1.807) is 29.7 Å². The van der Waals surface area contributed by atoms with E-state index in [2.05, 4.69) is 313 Å². The van der Waals surface area contributed by atoms with Crippen molar-refractivity contribution in [3.05, 3.63) is 336 Å². The smallest absolute Gasteiger partial charge is 0.200 e. The second kappa shape index (κ2) is 28.7. The van der Waals surface area contributed by atoms with Crippen molar-refractivity contribution < 1.29 is 26.5 Å². The zero-order chi connectivity index (χ0) is 81.2. The van der Waals surface area contributed by atoms with Gasteiger partial charge in [-0.05, 0) is 193 Å². The summed E-state index contributed by atoms with van der Waals surface area (Å²) in [6.07, 6.45) is 8.39. The molecule has 0 saturated carbocycles. The number of pyridine rings is 4. The zero-order valence-electron chi connectivity index (χ0n) is 70.1. The van der Waals surface area contributed by atoms with E-state index < -0.39 is 13.7 Å². The number of hydrogen-bond acceptors (Lipinski definition) is 4. The molecule has 0 spiro atoms. The van der Waals surface area contributed by atoms with E-state index in [1.165, 1.54) is 171 Å². The van der Waals surface area contributed by atoms with E-state index in [0.717, 1.165) is 47.8 Å². The lowest BCUT2D eigenvalue weighted by Crippen LogP contribution is -2.31. The Morgan fingerprint density at radius 2 is 0.640 bits per heavy atom. The van der Waals surface area contributed by atoms with Crippen LogP contribution in [0.25, 0.3) is 180 Å². The van der Waals surface area contributed by atoms with Gasteiger partial charge in [-0.25, -0.2) is 0 Å². The van der Waals surface area contributed by atoms with Gasteiger partial charge in [0.25, 0.3) is 0 Å². The Bertz CT molecular complexity index is 7630. The Kier molecular flexibility index (Phi) is 16.6. The maximum atomic E-state index is 8.25. The van der Waals surface area contributed by atoms with Crippen molar-refractivity contribution >= 4 is 169 Å². The van der Waals surface area contributed by atoms with E-state index >= 15 is 0 Å². The van der Waals surface area contributed by atoms with Crippen molar-refractivity contribution in [1.29, 1.82) is 0 Å². The van der Waals surface area contributed by atoms with Gasteiger partial charge in [0.1, 0.15) is 47.0 Å². The van der Waals surface area contributed by atoms with Gasteiger partial charge in [-0.1, -0.05) is 211 Å². The van der Waals surface area contributed by atoms with Crippen LogP contribution in [0.5, 0.6) is 0 Å². The molecule has 21 rings (SSSR count). The van der Waals surface area contributed by atoms with Gasteiger partial charge in [0.2, 0.25) is 22.8 Å². The highest BCUT2D eigenvalue weighted by atomic mass is 32.1. The fourth-order valence-electron chi connectivity index (χ4n) is 17.0. The largest absolute Gasteiger partial charge is 0.230 e. The van der Waals surface area contributed by atoms with E-state index in [1.807, 2.05) is 82.9 Å². The normalized spacial score (nSPS) is 12.7. The lowest BCUT2D eigenvalue weighted by molar-refractivity contribution is -0.659. The summed E-state index contributed by atoms with van der Waals surface area (Å²) >= 11 is 7.30. The molecule has 0 N–H and O–H groups in total. The third kappa shape index (κ3) is 12.5. The van der Waals surface area contributed by atoms with Crippen molar-refractivity contribution in [3.8, 4) is 56.2 Å². The van der Waals surface area contributed by atoms with E-state index in [9.17, 15) is 0 Å². The van der Waals surface area contributed by atoms with Gasteiger partial charge in [-0.2, -0.15) is 18.3 Å². The monoisotopic (exact) mass is 1510 g/mol. The highest BCUT2D eigenvalue weighted by Crippen LogP contribution is 2.48. The fraction of sp³-hybridized carbons (Fsp3) is 0.126. The summed E-state index contributed by atoms with van der Waals surface area (Å²) in [6.45, 7) is 10.6. The summed E-state index contributed by atoms with van der Waals surface area (Å²) in [7, 11) is 8.32. The molecule has 111 heavy (non-hydrogen) atoms. The van der Waals surface area contributed by atoms with E-state index in [4.69, 9.17) is 8.22 Å². The standard InChI is InChI=1S/C29H22NS.2C25H22NS.C24H20NS/c1-19-8-6-7-11-23(19)28-29-25(16-17-30(28)2)27-24-14-12-21(20-9-4-3-5-10-20)18-22(24)13-15-26(27)31-29;2*1-15-9-11-19(16(2)13-15)24-25-22(17(3)14-26(24)4)23-20-8-6-5-7-18(20)10-12-21(23)27-25;1-15-8-10-19-17(14-15)9-11-21-22(19)20-12-13-25(3)23(24(20)26-21)18-7-5-4-6-16(18)2/h3-18H,1-2H3;2*5-14H,1-4H3;4-14H,1-3H3/q4*+1/i;1D3,3D3;;. The number of benzene rings is 13. The first-order chi connectivity index (χ1) is 56.3. The molecule has 0 fully saturated rings. The topological polar surface area (TPSA) is 15.5 Å². The molecule has 8 heteroatoms. The number of nitrogens with zero attached hydrogens (tertiary/aromatic N) is 4. The maximum Gasteiger partial charge on any atom is 0.230 e. The third-order valence-electron chi connectivity index (χ3n) is 22.3. The Labute approximate surface area is 673 Å². The molecule has 4 nitrogen and oxygen atoms in total. The van der Waals surface area contributed by atoms with Gasteiger partial charge < -0.3 is 0 Å². The van der Waals surface area contributed by atoms with E-state index in [0.29, 0.717) is 11.1 Å². The van der Waals surface area contributed by atoms with Gasteiger partial charge in [-0.15, -0.1) is 45.3 Å². The molecule has 0 aliphatic rings. The third-order valence-corrected chi connectivity index (χ3v) is 27.0. The highest BCUT2D eigenvalue weighted by molar-refractivity contribution is 7.27. The molecule has 13 aromatic carbocycles. The van der Waals surface area contributed by atoms with Gasteiger partial charge >= 0.3 is 0 Å². The second-order valence-electron chi connectivity index (χ2n) is 29.8. The van der Waals surface area contributed by atoms with Crippen molar-refractivity contribution in [1.82, 2.24) is 0 Å². The zero-order valence-corrected chi connectivity index (χ0v) is 67.3. The molecule has 8 heterocycles. The molecule has 8 aromatic heterocycles. The SMILES string of the molecule is Cc1ccc(-c2c3sc4ccc5ccccc5c4c3c(C)c[n+]2C)c(C)c1.Cc1ccc2c(ccc3sc4c(-c5ccccc5C)[n+](C)ccc4c32)c1.Cc1ccccc1-c1c2sc3ccc4cc(-c5ccccc5)ccc4c3c2cc[n+]1C.[2H]C([2H])([2H])c1ccc(-c2c3sc4ccc5ccccc5c4c3c(C([2H])([2H])[2H])c[n+]2C)c(C)c1. The Balaban J connectivity index is 0.000000108. The van der Waals surface area contributed by atoms with Gasteiger partial charge in [0, 0.05) is 93.4 Å². The van der Waals surface area contributed by atoms with Crippen LogP contribution in [0.1, 0.15) is 58.3 Å². The van der Waals surface area contributed by atoms with Crippen molar-refractivity contribution in [2.24, 2.45) is 28.2 Å². The first-order valence-corrected chi connectivity index (χ1v) is 41.0. The van der Waals surface area contributed by atoms with Gasteiger partial charge in [-0.3, -0.25) is 0 Å². The van der Waals surface area contributed by atoms with Crippen LogP contribution in [0.4, 0.5) is 0 Å². The lowest BCUT2D eigenvalue weighted by atomic mass is 9.98. The fourth-order valence-corrected chi connectivity index (χ4v) is 22.4. The quantitative estimate of drug-likeness (QED) is 0.153. The molecule has 0 aliphatic heterocycles. The van der Waals surface area contributed by atoms with Gasteiger partial charge in [0.15, 0.2) is 24.8 Å². The number of thiophene rings is 4. The van der Waals surface area contributed by atoms with Crippen LogP contribution >= 0.6 is 45.3 Å². The summed E-state index contributed by atoms with van der Waals surface area (Å²) < 4.78 is 66.7. The number of aryl methyl sites for hydroxylation is 13. The molecular formula is C103H86N4S4+4. The molecule has 0 bridgehead atoms. The predicted octanol–water partition coefficient (Wildman–Crippen LogP) is 27.2. The van der Waals surface area contributed by atoms with Crippen LogP contribution in [-0.2, 0) is 28.2 Å². The number of rotatable bonds is 5. The molecule has 0 atom stereocenters. The minimum atomic E-state index is -2.28. The molecule has 538 valence electrons. The van der Waals surface area contributed by atoms with Crippen molar-refractivity contribution in [2.45, 2.75) is 62.2 Å². The maximum absolute atomic E-state index is 8.25. The molecule has 0 saturated heterocycles. The first kappa shape index (κ1) is 64.2. The molecular weight excluding hydrogens is 1420 g/mol. The first-order valence-electron chi connectivity index (χ1n) is 40.7. The van der Waals surface area contributed by atoms with Crippen LogP contribution in [-0.4, -0.2) is 0 Å². The van der Waals surface area contributed by atoms with Crippen LogP contribution in [0.15, 0.2) is 286 Å². The number of hydrogen-bond donors (Lipinski definition) is 0. The number of aromatic nitrogens is 4. The summed E-state index contributed by atoms with van der Waals surface area (Å²) in [6, 6.07) is 92.6. The minimum Gasteiger partial charge on any atom is -0.200 e. The summed E-state index contributed by atoms with van der Waals surface area (Å²) in [4.78, 5) is 0. The number of fused-ring (bicyclic) bond motifs is 20. The minimum absolute atomic E-state index is 0.295. The second-order valence-corrected chi connectivity index (χ2v) is 34.0. The van der Waals surface area contributed by atoms with E-state index in [-0.39, 0.29) is 0 Å². The highest BCUT2D eigenvalue weighted by Gasteiger charge is 2.28. The lowest BCUT2D eigenvalue weighted by Gasteiger charge is -2.08. The van der Waals surface area contributed by atoms with Crippen LogP contribution in [0.2, 0.25) is 0 Å². The Morgan fingerprint density at radius 1 is 0.243 bits per heavy atom. The Morgan fingerprint density at radius 3 is 1.16 bits per heavy atom. The summed E-state index contributed by atoms with van der Waals surface area (Å²) in [5, 5.41) is 20.0. The predicted molar refractivity (Wildman–Crippen MR) is 482 cm³/mol. The average molecular weight is 1510 g/mol. The molecule has 21 aromatic rings. The van der Waals surface area contributed by atoms with Crippen molar-refractivity contribution in [2.75, 3.05) is 0 Å². The average Bonchev–Trinajstić information content (AvgIpc) is 1.60. The molecule has 0 amide bonds. The van der Waals surface area contributed by atoms with Crippen LogP contribution in [0, 0.1) is 62.2 Å². The molecule has 0 radical (unpaired) electrons. The Hall–Kier alpha value is -11.6. The summed E-state index contributed by atoms with van der Waals surface area (Å²) in [5.74, 6) is 0. The van der Waals surface area contributed by atoms with Crippen LogP contribution < -0.4 is 18.3 Å². The summed E-state index contributed by atoms with van der Waals surface area (Å²) in [5.41, 5.74) is 21.5. The van der Waals surface area contributed by atoms with Crippen molar-refractivity contribution in [3.63, 3.8) is 0 Å². The molecule has 0 unspecified atom stereocenters.